The molecule has 0 aliphatic heterocycles. The van der Waals surface area contributed by atoms with Crippen molar-refractivity contribution in [3.8, 4) is 0 Å². The Hall–Kier alpha value is -2.43. The fourth-order valence-electron chi connectivity index (χ4n) is 2.36. The Kier molecular flexibility index (Phi) is 6.29. The van der Waals surface area contributed by atoms with Crippen LogP contribution in [0.15, 0.2) is 67.3 Å². The molecule has 1 unspecified atom stereocenters. The molecule has 5 heteroatoms. The van der Waals surface area contributed by atoms with Crippen molar-refractivity contribution in [1.82, 2.24) is 5.32 Å². The van der Waals surface area contributed by atoms with Gasteiger partial charge in [-0.3, -0.25) is 9.59 Å². The van der Waals surface area contributed by atoms with Crippen molar-refractivity contribution in [3.05, 3.63) is 77.8 Å². The average molecular weight is 343 g/mol. The van der Waals surface area contributed by atoms with Crippen molar-refractivity contribution in [2.24, 2.45) is 0 Å². The minimum absolute atomic E-state index is 0.302. The van der Waals surface area contributed by atoms with Crippen molar-refractivity contribution in [1.29, 1.82) is 0 Å². The van der Waals surface area contributed by atoms with Crippen LogP contribution in [-0.4, -0.2) is 31.3 Å². The fourth-order valence-corrected chi connectivity index (χ4v) is 2.49. The van der Waals surface area contributed by atoms with Gasteiger partial charge in [0.25, 0.3) is 5.91 Å². The van der Waals surface area contributed by atoms with Crippen LogP contribution in [0.25, 0.3) is 0 Å². The Morgan fingerprint density at radius 2 is 1.79 bits per heavy atom. The molecule has 0 aromatic heterocycles. The van der Waals surface area contributed by atoms with Gasteiger partial charge in [-0.05, 0) is 43.4 Å². The quantitative estimate of drug-likeness (QED) is 0.477. The zero-order chi connectivity index (χ0) is 17.5. The molecule has 0 saturated carbocycles. The number of rotatable bonds is 7. The number of nitrogens with one attached hydrogen (secondary N) is 1. The standard InChI is InChI=1S/C19H19ClN2O2/c1-3-13-22(16-7-5-4-6-8-16)19(24)17(21-2)18(23)14-9-11-15(20)12-10-14/h3-12,17,21H,1,13H2,2H3. The summed E-state index contributed by atoms with van der Waals surface area (Å²) in [6, 6.07) is 14.7. The SMILES string of the molecule is C=CCN(C(=O)C(NC)C(=O)c1ccc(Cl)cc1)c1ccccc1. The summed E-state index contributed by atoms with van der Waals surface area (Å²) in [5, 5.41) is 3.35. The van der Waals surface area contributed by atoms with Gasteiger partial charge in [0.15, 0.2) is 11.8 Å². The lowest BCUT2D eigenvalue weighted by atomic mass is 10.0. The number of carbonyl (C=O) groups excluding carboxylic acids is 2. The largest absolute Gasteiger partial charge is 0.307 e. The first-order valence-corrected chi connectivity index (χ1v) is 7.90. The molecule has 0 bridgehead atoms. The zero-order valence-corrected chi connectivity index (χ0v) is 14.2. The normalized spacial score (nSPS) is 11.6. The van der Waals surface area contributed by atoms with Gasteiger partial charge in [0.05, 0.1) is 0 Å². The van der Waals surface area contributed by atoms with E-state index in [4.69, 9.17) is 11.6 Å². The lowest BCUT2D eigenvalue weighted by molar-refractivity contribution is -0.119. The van der Waals surface area contributed by atoms with E-state index in [2.05, 4.69) is 11.9 Å². The summed E-state index contributed by atoms with van der Waals surface area (Å²) in [5.74, 6) is -0.632. The predicted octanol–water partition coefficient (Wildman–Crippen LogP) is 3.33. The Morgan fingerprint density at radius 1 is 1.17 bits per heavy atom. The number of likely N-dealkylation sites (N-methyl/N-ethyl adjacent to an activating group) is 1. The molecule has 2 aromatic carbocycles. The van der Waals surface area contributed by atoms with E-state index in [1.165, 1.54) is 4.90 Å². The maximum absolute atomic E-state index is 12.9. The van der Waals surface area contributed by atoms with Crippen LogP contribution in [0, 0.1) is 0 Å². The number of hydrogen-bond donors (Lipinski definition) is 1. The number of Topliss-reactive ketones (excluding diaryl/α,β-unsaturated/α-hetero) is 1. The number of carbonyl (C=O) groups is 2. The fraction of sp³-hybridized carbons (Fsp3) is 0.158. The number of para-hydroxylation sites is 1. The number of anilines is 1. The van der Waals surface area contributed by atoms with Gasteiger partial charge in [-0.2, -0.15) is 0 Å². The van der Waals surface area contributed by atoms with E-state index >= 15 is 0 Å². The molecule has 0 fully saturated rings. The highest BCUT2D eigenvalue weighted by Gasteiger charge is 2.30. The predicted molar refractivity (Wildman–Crippen MR) is 97.6 cm³/mol. The summed E-state index contributed by atoms with van der Waals surface area (Å²) in [5.41, 5.74) is 1.14. The first-order valence-electron chi connectivity index (χ1n) is 7.53. The number of halogens is 1. The second-order valence-corrected chi connectivity index (χ2v) is 5.60. The molecule has 0 radical (unpaired) electrons. The van der Waals surface area contributed by atoms with E-state index in [1.807, 2.05) is 30.3 Å². The zero-order valence-electron chi connectivity index (χ0n) is 13.4. The Bertz CT molecular complexity index is 714. The van der Waals surface area contributed by atoms with Gasteiger partial charge in [0, 0.05) is 22.8 Å². The van der Waals surface area contributed by atoms with Gasteiger partial charge < -0.3 is 10.2 Å². The van der Waals surface area contributed by atoms with Crippen LogP contribution in [0.4, 0.5) is 5.69 Å². The molecular formula is C19H19ClN2O2. The maximum Gasteiger partial charge on any atom is 0.252 e. The van der Waals surface area contributed by atoms with Gasteiger partial charge in [-0.25, -0.2) is 0 Å². The molecule has 1 N–H and O–H groups in total. The van der Waals surface area contributed by atoms with Crippen LogP contribution in [0.3, 0.4) is 0 Å². The highest BCUT2D eigenvalue weighted by Crippen LogP contribution is 2.17. The lowest BCUT2D eigenvalue weighted by Gasteiger charge is -2.25. The molecular weight excluding hydrogens is 324 g/mol. The molecule has 0 aliphatic rings. The van der Waals surface area contributed by atoms with Crippen LogP contribution in [0.5, 0.6) is 0 Å². The summed E-state index contributed by atoms with van der Waals surface area (Å²) in [7, 11) is 1.59. The van der Waals surface area contributed by atoms with Crippen LogP contribution >= 0.6 is 11.6 Å². The monoisotopic (exact) mass is 342 g/mol. The summed E-state index contributed by atoms with van der Waals surface area (Å²) < 4.78 is 0. The highest BCUT2D eigenvalue weighted by molar-refractivity contribution is 6.30. The van der Waals surface area contributed by atoms with Gasteiger partial charge in [0.2, 0.25) is 0 Å². The summed E-state index contributed by atoms with van der Waals surface area (Å²) in [4.78, 5) is 27.1. The van der Waals surface area contributed by atoms with Crippen molar-refractivity contribution in [3.63, 3.8) is 0 Å². The molecule has 0 spiro atoms. The van der Waals surface area contributed by atoms with Gasteiger partial charge in [-0.15, -0.1) is 6.58 Å². The second kappa shape index (κ2) is 8.43. The van der Waals surface area contributed by atoms with Crippen LogP contribution < -0.4 is 10.2 Å². The van der Waals surface area contributed by atoms with Crippen LogP contribution in [0.1, 0.15) is 10.4 Å². The van der Waals surface area contributed by atoms with Crippen molar-refractivity contribution < 1.29 is 9.59 Å². The minimum Gasteiger partial charge on any atom is -0.307 e. The molecule has 1 atom stereocenters. The smallest absolute Gasteiger partial charge is 0.252 e. The van der Waals surface area contributed by atoms with Gasteiger partial charge in [-0.1, -0.05) is 35.9 Å². The highest BCUT2D eigenvalue weighted by atomic mass is 35.5. The average Bonchev–Trinajstić information content (AvgIpc) is 2.61. The second-order valence-electron chi connectivity index (χ2n) is 5.17. The number of nitrogens with zero attached hydrogens (tertiary/aromatic N) is 1. The van der Waals surface area contributed by atoms with E-state index in [1.54, 1.807) is 37.4 Å². The summed E-state index contributed by atoms with van der Waals surface area (Å²) in [6.07, 6.45) is 1.63. The Balaban J connectivity index is 2.30. The van der Waals surface area contributed by atoms with Crippen LogP contribution in [-0.2, 0) is 4.79 Å². The van der Waals surface area contributed by atoms with Gasteiger partial charge >= 0.3 is 0 Å². The topological polar surface area (TPSA) is 49.4 Å². The summed E-state index contributed by atoms with van der Waals surface area (Å²) >= 11 is 5.85. The Morgan fingerprint density at radius 3 is 2.33 bits per heavy atom. The van der Waals surface area contributed by atoms with Crippen LogP contribution in [0.2, 0.25) is 5.02 Å². The maximum atomic E-state index is 12.9. The first-order chi connectivity index (χ1) is 11.6. The number of benzene rings is 2. The Labute approximate surface area is 146 Å². The van der Waals surface area contributed by atoms with Gasteiger partial charge in [0.1, 0.15) is 0 Å². The third kappa shape index (κ3) is 4.10. The number of ketones is 1. The lowest BCUT2D eigenvalue weighted by Crippen LogP contribution is -2.50. The molecule has 0 saturated heterocycles. The van der Waals surface area contributed by atoms with E-state index in [-0.39, 0.29) is 11.7 Å². The van der Waals surface area contributed by atoms with Crippen molar-refractivity contribution >= 4 is 29.0 Å². The minimum atomic E-state index is -0.980. The van der Waals surface area contributed by atoms with E-state index in [9.17, 15) is 9.59 Å². The third-order valence-electron chi connectivity index (χ3n) is 3.57. The number of amides is 1. The summed E-state index contributed by atoms with van der Waals surface area (Å²) in [6.45, 7) is 4.01. The molecule has 124 valence electrons. The third-order valence-corrected chi connectivity index (χ3v) is 3.82. The van der Waals surface area contributed by atoms with Crippen molar-refractivity contribution in [2.75, 3.05) is 18.5 Å². The molecule has 0 heterocycles. The number of hydrogen-bond acceptors (Lipinski definition) is 3. The van der Waals surface area contributed by atoms with E-state index < -0.39 is 6.04 Å². The molecule has 2 aromatic rings. The first kappa shape index (κ1) is 17.9. The van der Waals surface area contributed by atoms with E-state index in [0.717, 1.165) is 0 Å². The molecule has 24 heavy (non-hydrogen) atoms. The molecule has 4 nitrogen and oxygen atoms in total. The van der Waals surface area contributed by atoms with Crippen molar-refractivity contribution in [2.45, 2.75) is 6.04 Å². The van der Waals surface area contributed by atoms with E-state index in [0.29, 0.717) is 22.8 Å². The molecule has 0 aliphatic carbocycles. The molecule has 2 rings (SSSR count). The molecule has 1 amide bonds.